The molecule has 3 aromatic rings. The minimum Gasteiger partial charge on any atom is -0.311 e. The predicted octanol–water partition coefficient (Wildman–Crippen LogP) is 3.89. The van der Waals surface area contributed by atoms with Crippen LogP contribution >= 0.6 is 0 Å². The second kappa shape index (κ2) is 8.21. The summed E-state index contributed by atoms with van der Waals surface area (Å²) in [6, 6.07) is 17.0. The van der Waals surface area contributed by atoms with Crippen LogP contribution in [0.5, 0.6) is 0 Å². The normalized spacial score (nSPS) is 10.7. The molecule has 1 heterocycles. The molecule has 0 spiro atoms. The molecule has 5 heteroatoms. The number of amides is 1. The summed E-state index contributed by atoms with van der Waals surface area (Å²) in [5.41, 5.74) is 5.43. The predicted molar refractivity (Wildman–Crippen MR) is 113 cm³/mol. The Hall–Kier alpha value is -3.21. The van der Waals surface area contributed by atoms with E-state index in [2.05, 4.69) is 5.10 Å². The van der Waals surface area contributed by atoms with Crippen LogP contribution in [0.2, 0.25) is 0 Å². The Bertz CT molecular complexity index is 1070. The Kier molecular flexibility index (Phi) is 5.73. The summed E-state index contributed by atoms with van der Waals surface area (Å²) in [5, 5.41) is 4.47. The van der Waals surface area contributed by atoms with Gasteiger partial charge in [0, 0.05) is 23.9 Å². The molecule has 0 aliphatic rings. The zero-order valence-corrected chi connectivity index (χ0v) is 16.8. The van der Waals surface area contributed by atoms with Crippen LogP contribution in [0.1, 0.15) is 23.6 Å². The number of anilines is 1. The van der Waals surface area contributed by atoms with Gasteiger partial charge in [0.1, 0.15) is 6.54 Å². The van der Waals surface area contributed by atoms with Crippen molar-refractivity contribution in [2.75, 3.05) is 11.4 Å². The molecule has 1 aromatic heterocycles. The van der Waals surface area contributed by atoms with Gasteiger partial charge in [0.2, 0.25) is 5.91 Å². The van der Waals surface area contributed by atoms with Crippen molar-refractivity contribution < 1.29 is 4.79 Å². The van der Waals surface area contributed by atoms with E-state index in [1.54, 1.807) is 11.0 Å². The van der Waals surface area contributed by atoms with E-state index in [-0.39, 0.29) is 18.0 Å². The van der Waals surface area contributed by atoms with Crippen molar-refractivity contribution in [2.45, 2.75) is 34.2 Å². The van der Waals surface area contributed by atoms with Crippen molar-refractivity contribution in [3.63, 3.8) is 0 Å². The van der Waals surface area contributed by atoms with E-state index >= 15 is 0 Å². The van der Waals surface area contributed by atoms with Crippen LogP contribution < -0.4 is 10.5 Å². The van der Waals surface area contributed by atoms with Crippen LogP contribution in [0.25, 0.3) is 11.3 Å². The Morgan fingerprint density at radius 2 is 1.75 bits per heavy atom. The SMILES string of the molecule is CCN(C(=O)Cn1nc(-c2cc(C)ccc2C)ccc1=O)c1ccccc1C. The van der Waals surface area contributed by atoms with E-state index in [1.165, 1.54) is 10.7 Å². The fourth-order valence-electron chi connectivity index (χ4n) is 3.28. The number of benzene rings is 2. The zero-order valence-electron chi connectivity index (χ0n) is 16.8. The van der Waals surface area contributed by atoms with E-state index < -0.39 is 0 Å². The summed E-state index contributed by atoms with van der Waals surface area (Å²) >= 11 is 0. The number of hydrogen-bond acceptors (Lipinski definition) is 3. The van der Waals surface area contributed by atoms with Crippen molar-refractivity contribution in [3.8, 4) is 11.3 Å². The Morgan fingerprint density at radius 1 is 1.00 bits per heavy atom. The van der Waals surface area contributed by atoms with Crippen LogP contribution in [0, 0.1) is 20.8 Å². The van der Waals surface area contributed by atoms with E-state index in [1.807, 2.05) is 70.2 Å². The summed E-state index contributed by atoms with van der Waals surface area (Å²) < 4.78 is 1.25. The molecule has 0 fully saturated rings. The minimum atomic E-state index is -0.289. The molecular weight excluding hydrogens is 350 g/mol. The quantitative estimate of drug-likeness (QED) is 0.680. The number of aromatic nitrogens is 2. The third kappa shape index (κ3) is 4.03. The van der Waals surface area contributed by atoms with Crippen molar-refractivity contribution >= 4 is 11.6 Å². The fraction of sp³-hybridized carbons (Fsp3) is 0.261. The maximum Gasteiger partial charge on any atom is 0.267 e. The van der Waals surface area contributed by atoms with Gasteiger partial charge in [0.05, 0.1) is 5.69 Å². The second-order valence-corrected chi connectivity index (χ2v) is 6.96. The van der Waals surface area contributed by atoms with Crippen LogP contribution in [-0.2, 0) is 11.3 Å². The third-order valence-corrected chi connectivity index (χ3v) is 4.84. The molecule has 0 N–H and O–H groups in total. The highest BCUT2D eigenvalue weighted by Crippen LogP contribution is 2.22. The van der Waals surface area contributed by atoms with Gasteiger partial charge in [-0.1, -0.05) is 35.9 Å². The Balaban J connectivity index is 1.94. The molecule has 0 radical (unpaired) electrons. The first-order valence-corrected chi connectivity index (χ1v) is 9.42. The molecule has 0 saturated heterocycles. The molecule has 2 aromatic carbocycles. The highest BCUT2D eigenvalue weighted by atomic mass is 16.2. The molecule has 0 unspecified atom stereocenters. The van der Waals surface area contributed by atoms with Gasteiger partial charge in [0.25, 0.3) is 5.56 Å². The number of carbonyl (C=O) groups is 1. The van der Waals surface area contributed by atoms with E-state index in [0.29, 0.717) is 12.2 Å². The average Bonchev–Trinajstić information content (AvgIpc) is 2.67. The lowest BCUT2D eigenvalue weighted by atomic mass is 10.0. The standard InChI is InChI=1S/C23H25N3O2/c1-5-25(21-9-7-6-8-18(21)4)23(28)15-26-22(27)13-12-20(24-26)19-14-16(2)10-11-17(19)3/h6-14H,5,15H2,1-4H3. The van der Waals surface area contributed by atoms with Crippen LogP contribution in [-0.4, -0.2) is 22.2 Å². The number of rotatable bonds is 5. The minimum absolute atomic E-state index is 0.0975. The molecule has 1 amide bonds. The van der Waals surface area contributed by atoms with Gasteiger partial charge >= 0.3 is 0 Å². The summed E-state index contributed by atoms with van der Waals surface area (Å²) in [6.45, 7) is 8.34. The molecule has 0 saturated carbocycles. The number of para-hydroxylation sites is 1. The summed E-state index contributed by atoms with van der Waals surface area (Å²) in [7, 11) is 0. The smallest absolute Gasteiger partial charge is 0.267 e. The second-order valence-electron chi connectivity index (χ2n) is 6.96. The molecule has 5 nitrogen and oxygen atoms in total. The topological polar surface area (TPSA) is 55.2 Å². The van der Waals surface area contributed by atoms with Gasteiger partial charge in [0.15, 0.2) is 0 Å². The maximum absolute atomic E-state index is 12.9. The van der Waals surface area contributed by atoms with Crippen molar-refractivity contribution in [3.05, 3.63) is 81.6 Å². The van der Waals surface area contributed by atoms with Crippen molar-refractivity contribution in [1.82, 2.24) is 9.78 Å². The van der Waals surface area contributed by atoms with E-state index in [9.17, 15) is 9.59 Å². The van der Waals surface area contributed by atoms with Gasteiger partial charge in [-0.15, -0.1) is 0 Å². The fourth-order valence-corrected chi connectivity index (χ4v) is 3.28. The molecule has 0 aliphatic carbocycles. The monoisotopic (exact) mass is 375 g/mol. The van der Waals surface area contributed by atoms with Gasteiger partial charge < -0.3 is 4.90 Å². The average molecular weight is 375 g/mol. The summed E-state index contributed by atoms with van der Waals surface area (Å²) in [4.78, 5) is 27.0. The molecule has 0 aliphatic heterocycles. The Labute approximate surface area is 165 Å². The molecular formula is C23H25N3O2. The molecule has 144 valence electrons. The molecule has 28 heavy (non-hydrogen) atoms. The lowest BCUT2D eigenvalue weighted by molar-refractivity contribution is -0.119. The van der Waals surface area contributed by atoms with Gasteiger partial charge in [-0.2, -0.15) is 5.10 Å². The Morgan fingerprint density at radius 3 is 2.46 bits per heavy atom. The highest BCUT2D eigenvalue weighted by Gasteiger charge is 2.17. The summed E-state index contributed by atoms with van der Waals surface area (Å²) in [5.74, 6) is -0.162. The highest BCUT2D eigenvalue weighted by molar-refractivity contribution is 5.93. The lowest BCUT2D eigenvalue weighted by Gasteiger charge is -2.23. The summed E-state index contributed by atoms with van der Waals surface area (Å²) in [6.07, 6.45) is 0. The van der Waals surface area contributed by atoms with Gasteiger partial charge in [-0.3, -0.25) is 9.59 Å². The van der Waals surface area contributed by atoms with Crippen LogP contribution in [0.15, 0.2) is 59.4 Å². The number of aryl methyl sites for hydroxylation is 3. The lowest BCUT2D eigenvalue weighted by Crippen LogP contribution is -2.37. The first-order chi connectivity index (χ1) is 13.4. The number of carbonyl (C=O) groups excluding carboxylic acids is 1. The van der Waals surface area contributed by atoms with Gasteiger partial charge in [-0.05, 0) is 57.0 Å². The first kappa shape index (κ1) is 19.5. The van der Waals surface area contributed by atoms with Crippen LogP contribution in [0.4, 0.5) is 5.69 Å². The first-order valence-electron chi connectivity index (χ1n) is 9.42. The largest absolute Gasteiger partial charge is 0.311 e. The number of likely N-dealkylation sites (N-methyl/N-ethyl adjacent to an activating group) is 1. The van der Waals surface area contributed by atoms with Crippen molar-refractivity contribution in [1.29, 1.82) is 0 Å². The zero-order chi connectivity index (χ0) is 20.3. The molecule has 0 bridgehead atoms. The maximum atomic E-state index is 12.9. The van der Waals surface area contributed by atoms with Crippen LogP contribution in [0.3, 0.4) is 0 Å². The number of hydrogen-bond donors (Lipinski definition) is 0. The molecule has 3 rings (SSSR count). The number of nitrogens with zero attached hydrogens (tertiary/aromatic N) is 3. The third-order valence-electron chi connectivity index (χ3n) is 4.84. The van der Waals surface area contributed by atoms with E-state index in [4.69, 9.17) is 0 Å². The van der Waals surface area contributed by atoms with Crippen molar-refractivity contribution in [2.24, 2.45) is 0 Å². The van der Waals surface area contributed by atoms with E-state index in [0.717, 1.165) is 27.9 Å². The molecule has 0 atom stereocenters. The van der Waals surface area contributed by atoms with Gasteiger partial charge in [-0.25, -0.2) is 4.68 Å².